The summed E-state index contributed by atoms with van der Waals surface area (Å²) in [4.78, 5) is 12.2. The van der Waals surface area contributed by atoms with Crippen molar-refractivity contribution < 1.29 is 9.90 Å². The van der Waals surface area contributed by atoms with Crippen LogP contribution in [0.4, 0.5) is 0 Å². The van der Waals surface area contributed by atoms with Crippen LogP contribution in [0.5, 0.6) is 0 Å². The molecule has 0 bridgehead atoms. The maximum Gasteiger partial charge on any atom is 0.158 e. The smallest absolute Gasteiger partial charge is 0.158 e. The lowest BCUT2D eigenvalue weighted by Gasteiger charge is -2.35. The summed E-state index contributed by atoms with van der Waals surface area (Å²) in [5.41, 5.74) is 9.24. The fourth-order valence-electron chi connectivity index (χ4n) is 5.45. The molecule has 2 nitrogen and oxygen atoms in total. The first-order valence-electron chi connectivity index (χ1n) is 15.4. The van der Waals surface area contributed by atoms with E-state index in [1.807, 2.05) is 6.92 Å². The third-order valence-corrected chi connectivity index (χ3v) is 8.52. The first kappa shape index (κ1) is 35.0. The Kier molecular flexibility index (Phi) is 13.2. The van der Waals surface area contributed by atoms with Gasteiger partial charge in [-0.1, -0.05) is 135 Å². The fourth-order valence-corrected chi connectivity index (χ4v) is 5.45. The van der Waals surface area contributed by atoms with Crippen molar-refractivity contribution in [2.75, 3.05) is 0 Å². The van der Waals surface area contributed by atoms with Gasteiger partial charge in [-0.2, -0.15) is 0 Å². The minimum absolute atomic E-state index is 0.0428. The summed E-state index contributed by atoms with van der Waals surface area (Å²) in [6.45, 7) is 21.4. The molecule has 0 aliphatic heterocycles. The Morgan fingerprint density at radius 2 is 1.10 bits per heavy atom. The highest BCUT2D eigenvalue weighted by Gasteiger charge is 2.31. The summed E-state index contributed by atoms with van der Waals surface area (Å²) in [6.07, 6.45) is 32.6. The zero-order valence-corrected chi connectivity index (χ0v) is 27.8. The SMILES string of the molecule is CC1=C(\C=C/C(C)=C/C=C/C(C)=C/C=C\C=C(C)/C=C/C=C(C)/C=C/C2=C(C)[C@H](O)CCC2(C)C)C(C)(C)CCC1=O. The molecular formula is C40H54O2. The molecule has 0 unspecified atom stereocenters. The van der Waals surface area contributed by atoms with E-state index in [-0.39, 0.29) is 22.7 Å². The average Bonchev–Trinajstić information content (AvgIpc) is 2.91. The summed E-state index contributed by atoms with van der Waals surface area (Å²) in [5.74, 6) is 0.273. The average molecular weight is 567 g/mol. The molecule has 0 fully saturated rings. The van der Waals surface area contributed by atoms with Crippen LogP contribution in [0.2, 0.25) is 0 Å². The number of rotatable bonds is 10. The Hall–Kier alpha value is -3.23. The van der Waals surface area contributed by atoms with E-state index >= 15 is 0 Å². The third kappa shape index (κ3) is 10.9. The van der Waals surface area contributed by atoms with E-state index in [1.54, 1.807) is 0 Å². The molecule has 0 saturated carbocycles. The van der Waals surface area contributed by atoms with Crippen molar-refractivity contribution in [3.63, 3.8) is 0 Å². The minimum atomic E-state index is -0.318. The number of aliphatic hydroxyl groups excluding tert-OH is 1. The summed E-state index contributed by atoms with van der Waals surface area (Å²) < 4.78 is 0. The summed E-state index contributed by atoms with van der Waals surface area (Å²) in [7, 11) is 0. The lowest BCUT2D eigenvalue weighted by Crippen LogP contribution is -2.27. The molecule has 0 spiro atoms. The normalized spacial score (nSPS) is 23.3. The number of ketones is 1. The predicted octanol–water partition coefficient (Wildman–Crippen LogP) is 10.8. The van der Waals surface area contributed by atoms with E-state index < -0.39 is 0 Å². The molecule has 0 aromatic carbocycles. The third-order valence-electron chi connectivity index (χ3n) is 8.52. The van der Waals surface area contributed by atoms with Gasteiger partial charge in [0.25, 0.3) is 0 Å². The molecule has 0 heterocycles. The van der Waals surface area contributed by atoms with Gasteiger partial charge >= 0.3 is 0 Å². The van der Waals surface area contributed by atoms with Crippen LogP contribution >= 0.6 is 0 Å². The van der Waals surface area contributed by atoms with Gasteiger partial charge in [-0.15, -0.1) is 0 Å². The van der Waals surface area contributed by atoms with Crippen molar-refractivity contribution in [2.45, 2.75) is 101 Å². The van der Waals surface area contributed by atoms with Gasteiger partial charge in [0, 0.05) is 6.42 Å². The predicted molar refractivity (Wildman–Crippen MR) is 183 cm³/mol. The zero-order valence-electron chi connectivity index (χ0n) is 27.8. The summed E-state index contributed by atoms with van der Waals surface area (Å²) in [5, 5.41) is 10.3. The quantitative estimate of drug-likeness (QED) is 0.267. The second kappa shape index (κ2) is 15.8. The Morgan fingerprint density at radius 3 is 1.62 bits per heavy atom. The van der Waals surface area contributed by atoms with E-state index in [0.717, 1.165) is 41.6 Å². The number of hydrogen-bond acceptors (Lipinski definition) is 2. The lowest BCUT2D eigenvalue weighted by molar-refractivity contribution is -0.116. The Balaban J connectivity index is 1.92. The van der Waals surface area contributed by atoms with E-state index in [0.29, 0.717) is 6.42 Å². The van der Waals surface area contributed by atoms with E-state index in [1.165, 1.54) is 22.3 Å². The van der Waals surface area contributed by atoms with Crippen molar-refractivity contribution in [2.24, 2.45) is 10.8 Å². The monoisotopic (exact) mass is 566 g/mol. The molecule has 0 saturated heterocycles. The summed E-state index contributed by atoms with van der Waals surface area (Å²) >= 11 is 0. The topological polar surface area (TPSA) is 37.3 Å². The lowest BCUT2D eigenvalue weighted by atomic mass is 9.71. The highest BCUT2D eigenvalue weighted by atomic mass is 16.3. The van der Waals surface area contributed by atoms with Crippen LogP contribution in [0.15, 0.2) is 130 Å². The number of aliphatic hydroxyl groups is 1. The first-order valence-corrected chi connectivity index (χ1v) is 15.4. The van der Waals surface area contributed by atoms with Gasteiger partial charge in [0.05, 0.1) is 6.10 Å². The van der Waals surface area contributed by atoms with Gasteiger partial charge in [-0.05, 0) is 93.9 Å². The highest BCUT2D eigenvalue weighted by Crippen LogP contribution is 2.41. The van der Waals surface area contributed by atoms with E-state index in [9.17, 15) is 9.90 Å². The first-order chi connectivity index (χ1) is 19.6. The molecule has 2 heteroatoms. The van der Waals surface area contributed by atoms with Crippen LogP contribution < -0.4 is 0 Å². The van der Waals surface area contributed by atoms with Gasteiger partial charge < -0.3 is 5.11 Å². The van der Waals surface area contributed by atoms with Crippen LogP contribution in [0.3, 0.4) is 0 Å². The van der Waals surface area contributed by atoms with Crippen molar-refractivity contribution in [3.8, 4) is 0 Å². The van der Waals surface area contributed by atoms with Gasteiger partial charge in [0.1, 0.15) is 0 Å². The van der Waals surface area contributed by atoms with E-state index in [2.05, 4.69) is 147 Å². The molecule has 1 atom stereocenters. The summed E-state index contributed by atoms with van der Waals surface area (Å²) in [6, 6.07) is 0. The van der Waals surface area contributed by atoms with Crippen molar-refractivity contribution in [3.05, 3.63) is 130 Å². The van der Waals surface area contributed by atoms with Crippen LogP contribution in [0.1, 0.15) is 94.9 Å². The fraction of sp³-hybridized carbons (Fsp3) is 0.425. The molecule has 0 radical (unpaired) electrons. The molecular weight excluding hydrogens is 512 g/mol. The second-order valence-corrected chi connectivity index (χ2v) is 13.3. The Labute approximate surface area is 256 Å². The van der Waals surface area contributed by atoms with Crippen LogP contribution in [0.25, 0.3) is 0 Å². The van der Waals surface area contributed by atoms with Crippen molar-refractivity contribution in [1.29, 1.82) is 0 Å². The Morgan fingerprint density at radius 1 is 0.667 bits per heavy atom. The molecule has 1 N–H and O–H groups in total. The van der Waals surface area contributed by atoms with Gasteiger partial charge in [-0.25, -0.2) is 0 Å². The molecule has 2 aliphatic rings. The van der Waals surface area contributed by atoms with Gasteiger partial charge in [0.15, 0.2) is 5.78 Å². The van der Waals surface area contributed by atoms with E-state index in [4.69, 9.17) is 0 Å². The molecule has 226 valence electrons. The minimum Gasteiger partial charge on any atom is -0.389 e. The number of allylic oxidation sites excluding steroid dienone is 21. The standard InChI is InChI=1S/C40H54O2/c1-29(17-13-19-31(3)21-23-35-33(5)37(41)25-27-39(35,7)8)15-11-12-16-30(2)18-14-20-32(4)22-24-36-34(6)38(42)26-28-40(36,9)10/h11-24,37,41H,25-28H2,1-10H3/b12-11-,17-13+,18-14+,23-21+,24-22-,29-15-,30-16+,31-19+,32-20+/t37-/m1/s1. The molecule has 0 amide bonds. The largest absolute Gasteiger partial charge is 0.389 e. The number of carbonyl (C=O) groups excluding carboxylic acids is 1. The maximum atomic E-state index is 12.2. The number of Topliss-reactive ketones (excluding diaryl/α,β-unsaturated/α-hetero) is 1. The molecule has 2 rings (SSSR count). The number of carbonyl (C=O) groups is 1. The molecule has 42 heavy (non-hydrogen) atoms. The second-order valence-electron chi connectivity index (χ2n) is 13.3. The number of hydrogen-bond donors (Lipinski definition) is 1. The van der Waals surface area contributed by atoms with Crippen molar-refractivity contribution >= 4 is 5.78 Å². The zero-order chi connectivity index (χ0) is 31.5. The van der Waals surface area contributed by atoms with Crippen molar-refractivity contribution in [1.82, 2.24) is 0 Å². The van der Waals surface area contributed by atoms with Gasteiger partial charge in [0.2, 0.25) is 0 Å². The molecule has 0 aromatic rings. The van der Waals surface area contributed by atoms with Crippen LogP contribution in [-0.2, 0) is 4.79 Å². The highest BCUT2D eigenvalue weighted by molar-refractivity contribution is 5.97. The molecule has 2 aliphatic carbocycles. The molecule has 0 aromatic heterocycles. The van der Waals surface area contributed by atoms with Crippen LogP contribution in [-0.4, -0.2) is 17.0 Å². The maximum absolute atomic E-state index is 12.2. The Bertz CT molecular complexity index is 1330. The van der Waals surface area contributed by atoms with Gasteiger partial charge in [-0.3, -0.25) is 4.79 Å². The van der Waals surface area contributed by atoms with Crippen LogP contribution in [0, 0.1) is 10.8 Å².